The monoisotopic (exact) mass is 235 g/mol. The molecule has 3 nitrogen and oxygen atoms in total. The Morgan fingerprint density at radius 1 is 1.25 bits per heavy atom. The first kappa shape index (κ1) is 10.1. The summed E-state index contributed by atoms with van der Waals surface area (Å²) in [6.45, 7) is 1.87. The van der Waals surface area contributed by atoms with Crippen LogP contribution in [-0.2, 0) is 0 Å². The second-order valence-electron chi connectivity index (χ2n) is 4.15. The average molecular weight is 236 g/mol. The Morgan fingerprint density at radius 2 is 2.06 bits per heavy atom. The second kappa shape index (κ2) is 4.07. The van der Waals surface area contributed by atoms with Crippen LogP contribution in [0.15, 0.2) is 22.7 Å². The van der Waals surface area contributed by atoms with E-state index in [1.807, 2.05) is 18.2 Å². The smallest absolute Gasteiger partial charge is 0.168 e. The van der Waals surface area contributed by atoms with E-state index in [4.69, 9.17) is 16.1 Å². The molecule has 0 unspecified atom stereocenters. The molecule has 0 amide bonds. The summed E-state index contributed by atoms with van der Waals surface area (Å²) in [4.78, 5) is 0. The molecule has 1 fully saturated rings. The molecule has 0 saturated carbocycles. The Bertz CT molecular complexity index is 503. The first-order chi connectivity index (χ1) is 7.84. The summed E-state index contributed by atoms with van der Waals surface area (Å²) in [6.07, 6.45) is 2.15. The van der Waals surface area contributed by atoms with Crippen molar-refractivity contribution in [2.45, 2.75) is 18.8 Å². The van der Waals surface area contributed by atoms with Gasteiger partial charge in [0.2, 0.25) is 0 Å². The highest BCUT2D eigenvalue weighted by Gasteiger charge is 2.21. The summed E-state index contributed by atoms with van der Waals surface area (Å²) in [5, 5.41) is 10.3. The molecule has 0 spiro atoms. The fourth-order valence-corrected chi connectivity index (χ4v) is 2.41. The lowest BCUT2D eigenvalue weighted by molar-refractivity contribution is 0.401. The van der Waals surface area contributed by atoms with Crippen molar-refractivity contribution in [1.82, 2.24) is 10.5 Å². The zero-order valence-corrected chi connectivity index (χ0v) is 9.57. The summed E-state index contributed by atoms with van der Waals surface area (Å²) in [5.41, 5.74) is 1.85. The molecular formula is C12H12ClN2O. The maximum atomic E-state index is 5.91. The molecule has 4 heteroatoms. The molecule has 1 aliphatic rings. The van der Waals surface area contributed by atoms with E-state index in [9.17, 15) is 0 Å². The maximum Gasteiger partial charge on any atom is 0.168 e. The molecule has 1 radical (unpaired) electrons. The third-order valence-corrected chi connectivity index (χ3v) is 3.36. The molecular weight excluding hydrogens is 224 g/mol. The van der Waals surface area contributed by atoms with Crippen LogP contribution in [0, 0.1) is 0 Å². The van der Waals surface area contributed by atoms with Gasteiger partial charge in [-0.15, -0.1) is 0 Å². The highest BCUT2D eigenvalue weighted by Crippen LogP contribution is 2.31. The number of piperidine rings is 1. The third kappa shape index (κ3) is 1.70. The fraction of sp³-hybridized carbons (Fsp3) is 0.417. The normalized spacial score (nSPS) is 18.1. The quantitative estimate of drug-likeness (QED) is 0.763. The van der Waals surface area contributed by atoms with Crippen molar-refractivity contribution in [2.24, 2.45) is 0 Å². The molecule has 16 heavy (non-hydrogen) atoms. The zero-order chi connectivity index (χ0) is 11.0. The standard InChI is InChI=1S/C12H12ClN2O/c13-9-1-2-10-11(7-9)16-15-12(10)8-3-5-14-6-4-8/h1-2,7-8H,3-6H2. The highest BCUT2D eigenvalue weighted by molar-refractivity contribution is 6.31. The summed E-state index contributed by atoms with van der Waals surface area (Å²) in [6, 6.07) is 5.70. The lowest BCUT2D eigenvalue weighted by atomic mass is 9.93. The van der Waals surface area contributed by atoms with Crippen molar-refractivity contribution in [3.63, 3.8) is 0 Å². The summed E-state index contributed by atoms with van der Waals surface area (Å²) >= 11 is 5.91. The molecule has 83 valence electrons. The van der Waals surface area contributed by atoms with E-state index in [2.05, 4.69) is 10.5 Å². The topological polar surface area (TPSA) is 40.1 Å². The Hall–Kier alpha value is -1.06. The number of halogens is 1. The van der Waals surface area contributed by atoms with Crippen LogP contribution in [0.25, 0.3) is 11.0 Å². The second-order valence-corrected chi connectivity index (χ2v) is 4.59. The minimum atomic E-state index is 0.486. The van der Waals surface area contributed by atoms with E-state index in [1.165, 1.54) is 0 Å². The number of hydrogen-bond donors (Lipinski definition) is 0. The summed E-state index contributed by atoms with van der Waals surface area (Å²) in [5.74, 6) is 0.486. The van der Waals surface area contributed by atoms with E-state index < -0.39 is 0 Å². The number of aromatic nitrogens is 1. The van der Waals surface area contributed by atoms with Gasteiger partial charge in [-0.1, -0.05) is 16.8 Å². The number of fused-ring (bicyclic) bond motifs is 1. The predicted octanol–water partition coefficient (Wildman–Crippen LogP) is 2.96. The fourth-order valence-electron chi connectivity index (χ4n) is 2.25. The van der Waals surface area contributed by atoms with Crippen molar-refractivity contribution in [2.75, 3.05) is 13.1 Å². The van der Waals surface area contributed by atoms with Crippen LogP contribution in [0.1, 0.15) is 24.5 Å². The van der Waals surface area contributed by atoms with Crippen molar-refractivity contribution < 1.29 is 4.52 Å². The predicted molar refractivity (Wildman–Crippen MR) is 62.9 cm³/mol. The van der Waals surface area contributed by atoms with Crippen molar-refractivity contribution in [1.29, 1.82) is 0 Å². The molecule has 0 aliphatic carbocycles. The summed E-state index contributed by atoms with van der Waals surface area (Å²) < 4.78 is 5.32. The van der Waals surface area contributed by atoms with Gasteiger partial charge in [0, 0.05) is 35.5 Å². The molecule has 1 aromatic heterocycles. The number of rotatable bonds is 1. The first-order valence-electron chi connectivity index (χ1n) is 5.52. The van der Waals surface area contributed by atoms with E-state index in [1.54, 1.807) is 0 Å². The average Bonchev–Trinajstić information content (AvgIpc) is 2.73. The summed E-state index contributed by atoms with van der Waals surface area (Å²) in [7, 11) is 0. The van der Waals surface area contributed by atoms with Gasteiger partial charge in [-0.25, -0.2) is 5.32 Å². The molecule has 3 rings (SSSR count). The Balaban J connectivity index is 2.03. The molecule has 0 atom stereocenters. The Kier molecular flexibility index (Phi) is 2.58. The molecule has 1 saturated heterocycles. The van der Waals surface area contributed by atoms with E-state index in [0.29, 0.717) is 10.9 Å². The van der Waals surface area contributed by atoms with E-state index in [-0.39, 0.29) is 0 Å². The highest BCUT2D eigenvalue weighted by atomic mass is 35.5. The third-order valence-electron chi connectivity index (χ3n) is 3.12. The molecule has 2 aromatic rings. The number of hydrogen-bond acceptors (Lipinski definition) is 2. The maximum absolute atomic E-state index is 5.91. The molecule has 0 bridgehead atoms. The molecule has 0 N–H and O–H groups in total. The van der Waals surface area contributed by atoms with Crippen LogP contribution in [0.2, 0.25) is 5.02 Å². The largest absolute Gasteiger partial charge is 0.356 e. The first-order valence-corrected chi connectivity index (χ1v) is 5.90. The van der Waals surface area contributed by atoms with Gasteiger partial charge in [-0.2, -0.15) is 0 Å². The van der Waals surface area contributed by atoms with Crippen LogP contribution in [0.4, 0.5) is 0 Å². The van der Waals surface area contributed by atoms with Gasteiger partial charge in [0.25, 0.3) is 0 Å². The van der Waals surface area contributed by atoms with E-state index in [0.717, 1.165) is 42.6 Å². The lowest BCUT2D eigenvalue weighted by Gasteiger charge is -2.19. The van der Waals surface area contributed by atoms with Gasteiger partial charge in [-0.05, 0) is 25.0 Å². The minimum Gasteiger partial charge on any atom is -0.356 e. The van der Waals surface area contributed by atoms with E-state index >= 15 is 0 Å². The van der Waals surface area contributed by atoms with Gasteiger partial charge in [0.15, 0.2) is 5.58 Å². The van der Waals surface area contributed by atoms with Crippen molar-refractivity contribution in [3.05, 3.63) is 28.9 Å². The van der Waals surface area contributed by atoms with Crippen LogP contribution in [0.3, 0.4) is 0 Å². The molecule has 2 heterocycles. The van der Waals surface area contributed by atoms with Gasteiger partial charge in [0.1, 0.15) is 0 Å². The minimum absolute atomic E-state index is 0.486. The molecule has 1 aromatic carbocycles. The van der Waals surface area contributed by atoms with Crippen LogP contribution < -0.4 is 5.32 Å². The SMILES string of the molecule is Clc1ccc2c(C3CC[N]CC3)noc2c1. The number of benzene rings is 1. The van der Waals surface area contributed by atoms with Crippen molar-refractivity contribution >= 4 is 22.6 Å². The van der Waals surface area contributed by atoms with Crippen LogP contribution in [-0.4, -0.2) is 18.2 Å². The number of nitrogens with zero attached hydrogens (tertiary/aromatic N) is 2. The Morgan fingerprint density at radius 3 is 2.88 bits per heavy atom. The van der Waals surface area contributed by atoms with Gasteiger partial charge in [-0.3, -0.25) is 0 Å². The lowest BCUT2D eigenvalue weighted by Crippen LogP contribution is -2.21. The van der Waals surface area contributed by atoms with Crippen molar-refractivity contribution in [3.8, 4) is 0 Å². The van der Waals surface area contributed by atoms with Gasteiger partial charge in [0.05, 0.1) is 5.69 Å². The van der Waals surface area contributed by atoms with Gasteiger partial charge >= 0.3 is 0 Å². The Labute approximate surface area is 98.8 Å². The van der Waals surface area contributed by atoms with Crippen LogP contribution >= 0.6 is 11.6 Å². The molecule has 1 aliphatic heterocycles. The van der Waals surface area contributed by atoms with Crippen LogP contribution in [0.5, 0.6) is 0 Å². The zero-order valence-electron chi connectivity index (χ0n) is 8.82. The van der Waals surface area contributed by atoms with Gasteiger partial charge < -0.3 is 4.52 Å².